The standard InChI is InChI=1S/C26H23BrN2O3/c1-3-31-22-13-5-18(6-14-22)17-24-26(30)29(21-11-15-23(16-12-21)32-4-2)25(28-24)19-7-9-20(27)10-8-19/h5-17H,3-4H2,1-2H3/b24-17+. The van der Waals surface area contributed by atoms with Crippen molar-refractivity contribution in [2.75, 3.05) is 18.1 Å². The van der Waals surface area contributed by atoms with E-state index in [4.69, 9.17) is 14.5 Å². The zero-order valence-electron chi connectivity index (χ0n) is 17.9. The van der Waals surface area contributed by atoms with Gasteiger partial charge in [0.1, 0.15) is 23.0 Å². The number of hydrogen-bond donors (Lipinski definition) is 0. The lowest BCUT2D eigenvalue weighted by Gasteiger charge is -2.19. The fourth-order valence-corrected chi connectivity index (χ4v) is 3.66. The second-order valence-corrected chi connectivity index (χ2v) is 7.96. The summed E-state index contributed by atoms with van der Waals surface area (Å²) in [6.07, 6.45) is 1.80. The molecule has 0 atom stereocenters. The third-order valence-corrected chi connectivity index (χ3v) is 5.39. The van der Waals surface area contributed by atoms with Crippen LogP contribution >= 0.6 is 15.9 Å². The summed E-state index contributed by atoms with van der Waals surface area (Å²) in [7, 11) is 0. The number of amidine groups is 1. The summed E-state index contributed by atoms with van der Waals surface area (Å²) >= 11 is 3.47. The van der Waals surface area contributed by atoms with Crippen LogP contribution in [-0.4, -0.2) is 25.0 Å². The number of ether oxygens (including phenoxy) is 2. The smallest absolute Gasteiger partial charge is 0.282 e. The van der Waals surface area contributed by atoms with Gasteiger partial charge in [-0.3, -0.25) is 9.69 Å². The Kier molecular flexibility index (Phi) is 6.71. The number of halogens is 1. The van der Waals surface area contributed by atoms with Crippen LogP contribution in [0.3, 0.4) is 0 Å². The Labute approximate surface area is 196 Å². The molecule has 0 N–H and O–H groups in total. The van der Waals surface area contributed by atoms with Gasteiger partial charge in [0.15, 0.2) is 0 Å². The van der Waals surface area contributed by atoms with Crippen LogP contribution in [0, 0.1) is 0 Å². The number of nitrogens with zero attached hydrogens (tertiary/aromatic N) is 2. The van der Waals surface area contributed by atoms with E-state index in [0.29, 0.717) is 24.7 Å². The minimum atomic E-state index is -0.180. The highest BCUT2D eigenvalue weighted by Crippen LogP contribution is 2.30. The predicted molar refractivity (Wildman–Crippen MR) is 131 cm³/mol. The molecule has 3 aromatic carbocycles. The van der Waals surface area contributed by atoms with Crippen LogP contribution in [0.2, 0.25) is 0 Å². The summed E-state index contributed by atoms with van der Waals surface area (Å²) in [6, 6.07) is 22.8. The third-order valence-electron chi connectivity index (χ3n) is 4.86. The van der Waals surface area contributed by atoms with Crippen molar-refractivity contribution in [2.24, 2.45) is 4.99 Å². The van der Waals surface area contributed by atoms with Gasteiger partial charge in [0, 0.05) is 10.0 Å². The van der Waals surface area contributed by atoms with E-state index in [1.807, 2.05) is 86.6 Å². The number of carbonyl (C=O) groups is 1. The minimum absolute atomic E-state index is 0.180. The molecular formula is C26H23BrN2O3. The Morgan fingerprint density at radius 2 is 1.41 bits per heavy atom. The first kappa shape index (κ1) is 21.8. The Morgan fingerprint density at radius 3 is 1.97 bits per heavy atom. The van der Waals surface area contributed by atoms with E-state index in [1.165, 1.54) is 0 Å². The second-order valence-electron chi connectivity index (χ2n) is 7.04. The lowest BCUT2D eigenvalue weighted by Crippen LogP contribution is -2.32. The van der Waals surface area contributed by atoms with Crippen molar-refractivity contribution in [3.05, 3.63) is 94.1 Å². The molecule has 0 fully saturated rings. The average molecular weight is 491 g/mol. The molecule has 1 amide bonds. The van der Waals surface area contributed by atoms with Gasteiger partial charge in [-0.05, 0) is 74.0 Å². The second kappa shape index (κ2) is 9.83. The Bertz CT molecular complexity index is 1150. The van der Waals surface area contributed by atoms with Gasteiger partial charge < -0.3 is 9.47 Å². The van der Waals surface area contributed by atoms with Crippen molar-refractivity contribution in [2.45, 2.75) is 13.8 Å². The van der Waals surface area contributed by atoms with Gasteiger partial charge in [-0.25, -0.2) is 4.99 Å². The van der Waals surface area contributed by atoms with Crippen molar-refractivity contribution in [3.8, 4) is 11.5 Å². The summed E-state index contributed by atoms with van der Waals surface area (Å²) in [4.78, 5) is 19.8. The van der Waals surface area contributed by atoms with Crippen LogP contribution in [0.15, 0.2) is 88.0 Å². The molecule has 0 aliphatic carbocycles. The molecule has 1 heterocycles. The van der Waals surface area contributed by atoms with Crippen molar-refractivity contribution in [1.82, 2.24) is 0 Å². The van der Waals surface area contributed by atoms with Crippen molar-refractivity contribution in [3.63, 3.8) is 0 Å². The number of hydrogen-bond acceptors (Lipinski definition) is 4. The van der Waals surface area contributed by atoms with Crippen molar-refractivity contribution < 1.29 is 14.3 Å². The molecule has 1 aliphatic heterocycles. The van der Waals surface area contributed by atoms with Crippen LogP contribution in [0.1, 0.15) is 25.0 Å². The number of rotatable bonds is 7. The first-order valence-corrected chi connectivity index (χ1v) is 11.2. The number of carbonyl (C=O) groups excluding carboxylic acids is 1. The van der Waals surface area contributed by atoms with Crippen LogP contribution in [0.25, 0.3) is 6.08 Å². The van der Waals surface area contributed by atoms with Crippen LogP contribution in [0.5, 0.6) is 11.5 Å². The van der Waals surface area contributed by atoms with E-state index in [1.54, 1.807) is 11.0 Å². The molecule has 32 heavy (non-hydrogen) atoms. The van der Waals surface area contributed by atoms with Crippen LogP contribution < -0.4 is 14.4 Å². The molecule has 0 spiro atoms. The predicted octanol–water partition coefficient (Wildman–Crippen LogP) is 6.08. The van der Waals surface area contributed by atoms with Gasteiger partial charge in [0.2, 0.25) is 0 Å². The summed E-state index contributed by atoms with van der Waals surface area (Å²) in [5.41, 5.74) is 2.84. The fraction of sp³-hybridized carbons (Fsp3) is 0.154. The number of aliphatic imine (C=N–C) groups is 1. The molecule has 4 rings (SSSR count). The normalized spacial score (nSPS) is 14.6. The zero-order valence-corrected chi connectivity index (χ0v) is 19.5. The highest BCUT2D eigenvalue weighted by atomic mass is 79.9. The summed E-state index contributed by atoms with van der Waals surface area (Å²) in [6.45, 7) is 5.08. The largest absolute Gasteiger partial charge is 0.494 e. The van der Waals surface area contributed by atoms with E-state index in [9.17, 15) is 4.79 Å². The third kappa shape index (κ3) is 4.75. The van der Waals surface area contributed by atoms with Gasteiger partial charge in [-0.1, -0.05) is 40.2 Å². The first-order chi connectivity index (χ1) is 15.6. The van der Waals surface area contributed by atoms with E-state index in [2.05, 4.69) is 15.9 Å². The molecule has 6 heteroatoms. The quantitative estimate of drug-likeness (QED) is 0.377. The maximum Gasteiger partial charge on any atom is 0.282 e. The van der Waals surface area contributed by atoms with Gasteiger partial charge in [0.05, 0.1) is 18.9 Å². The number of benzene rings is 3. The fourth-order valence-electron chi connectivity index (χ4n) is 3.39. The van der Waals surface area contributed by atoms with Gasteiger partial charge in [0.25, 0.3) is 5.91 Å². The van der Waals surface area contributed by atoms with Gasteiger partial charge >= 0.3 is 0 Å². The summed E-state index contributed by atoms with van der Waals surface area (Å²) in [5.74, 6) is 1.96. The van der Waals surface area contributed by atoms with E-state index in [0.717, 1.165) is 32.8 Å². The Balaban J connectivity index is 1.72. The highest BCUT2D eigenvalue weighted by Gasteiger charge is 2.32. The maximum absolute atomic E-state index is 13.4. The van der Waals surface area contributed by atoms with Crippen LogP contribution in [-0.2, 0) is 4.79 Å². The highest BCUT2D eigenvalue weighted by molar-refractivity contribution is 9.10. The maximum atomic E-state index is 13.4. The molecule has 0 saturated heterocycles. The van der Waals surface area contributed by atoms with Crippen molar-refractivity contribution >= 4 is 39.4 Å². The first-order valence-electron chi connectivity index (χ1n) is 10.5. The van der Waals surface area contributed by atoms with E-state index in [-0.39, 0.29) is 5.91 Å². The molecule has 0 aromatic heterocycles. The topological polar surface area (TPSA) is 51.1 Å². The molecule has 0 bridgehead atoms. The lowest BCUT2D eigenvalue weighted by atomic mass is 10.1. The lowest BCUT2D eigenvalue weighted by molar-refractivity contribution is -0.113. The Hall–Kier alpha value is -3.38. The van der Waals surface area contributed by atoms with Crippen molar-refractivity contribution in [1.29, 1.82) is 0 Å². The zero-order chi connectivity index (χ0) is 22.5. The molecule has 5 nitrogen and oxygen atoms in total. The average Bonchev–Trinajstić information content (AvgIpc) is 3.12. The minimum Gasteiger partial charge on any atom is -0.494 e. The van der Waals surface area contributed by atoms with E-state index < -0.39 is 0 Å². The number of amides is 1. The Morgan fingerprint density at radius 1 is 0.844 bits per heavy atom. The molecule has 1 aliphatic rings. The molecule has 162 valence electrons. The van der Waals surface area contributed by atoms with Gasteiger partial charge in [-0.2, -0.15) is 0 Å². The molecular weight excluding hydrogens is 468 g/mol. The molecule has 3 aromatic rings. The van der Waals surface area contributed by atoms with Crippen LogP contribution in [0.4, 0.5) is 5.69 Å². The summed E-state index contributed by atoms with van der Waals surface area (Å²) in [5, 5.41) is 0. The molecule has 0 unspecified atom stereocenters. The number of anilines is 1. The molecule has 0 radical (unpaired) electrons. The SMILES string of the molecule is CCOc1ccc(/C=C2/N=C(c3ccc(Br)cc3)N(c3ccc(OCC)cc3)C2=O)cc1. The molecule has 0 saturated carbocycles. The van der Waals surface area contributed by atoms with E-state index >= 15 is 0 Å². The monoisotopic (exact) mass is 490 g/mol. The summed E-state index contributed by atoms with van der Waals surface area (Å²) < 4.78 is 12.0. The van der Waals surface area contributed by atoms with Gasteiger partial charge in [-0.15, -0.1) is 0 Å².